The van der Waals surface area contributed by atoms with Gasteiger partial charge in [-0.1, -0.05) is 38.5 Å². The summed E-state index contributed by atoms with van der Waals surface area (Å²) in [4.78, 5) is 4.30. The molecule has 14 heavy (non-hydrogen) atoms. The standard InChI is InChI=1S/C13H15N/c1-3-6-10(2)12-9-14-13-8-5-4-7-11(12)13/h4-5,7-8,10H,3,6H2,1-2H3. The van der Waals surface area contributed by atoms with Gasteiger partial charge in [0.2, 0.25) is 0 Å². The molecule has 1 aromatic rings. The van der Waals surface area contributed by atoms with E-state index in [1.54, 1.807) is 0 Å². The molecule has 0 spiro atoms. The Labute approximate surface area is 85.2 Å². The van der Waals surface area contributed by atoms with Crippen LogP contribution in [0.5, 0.6) is 0 Å². The summed E-state index contributed by atoms with van der Waals surface area (Å²) in [5.41, 5.74) is 3.63. The minimum Gasteiger partial charge on any atom is -0.205 e. The largest absolute Gasteiger partial charge is 0.205 e. The van der Waals surface area contributed by atoms with Crippen molar-refractivity contribution in [3.63, 3.8) is 0 Å². The van der Waals surface area contributed by atoms with Crippen molar-refractivity contribution < 1.29 is 0 Å². The normalized spacial score (nSPS) is 15.1. The van der Waals surface area contributed by atoms with Crippen molar-refractivity contribution in [1.29, 1.82) is 0 Å². The zero-order valence-corrected chi connectivity index (χ0v) is 8.75. The average Bonchev–Trinajstić information content (AvgIpc) is 2.61. The molecule has 0 N–H and O–H groups in total. The smallest absolute Gasteiger partial charge is 0.0811 e. The summed E-state index contributed by atoms with van der Waals surface area (Å²) >= 11 is 0. The maximum atomic E-state index is 4.30. The lowest BCUT2D eigenvalue weighted by atomic mass is 9.92. The molecule has 0 fully saturated rings. The van der Waals surface area contributed by atoms with Crippen LogP contribution < -0.4 is 0 Å². The Morgan fingerprint density at radius 2 is 2.14 bits per heavy atom. The Morgan fingerprint density at radius 3 is 2.93 bits per heavy atom. The van der Waals surface area contributed by atoms with E-state index < -0.39 is 0 Å². The summed E-state index contributed by atoms with van der Waals surface area (Å²) in [6.45, 7) is 4.47. The molecule has 0 saturated carbocycles. The number of benzene rings is 1. The van der Waals surface area contributed by atoms with Gasteiger partial charge in [-0.2, -0.15) is 0 Å². The van der Waals surface area contributed by atoms with Gasteiger partial charge in [-0.15, -0.1) is 0 Å². The molecule has 1 aromatic carbocycles. The number of allylic oxidation sites excluding steroid dienone is 1. The van der Waals surface area contributed by atoms with Crippen LogP contribution in [0.15, 0.2) is 29.3 Å². The van der Waals surface area contributed by atoms with E-state index in [1.807, 2.05) is 12.1 Å². The average molecular weight is 185 g/mol. The molecule has 0 bridgehead atoms. The Morgan fingerprint density at radius 1 is 1.36 bits per heavy atom. The van der Waals surface area contributed by atoms with Gasteiger partial charge < -0.3 is 0 Å². The van der Waals surface area contributed by atoms with Gasteiger partial charge in [-0.05, 0) is 24.3 Å². The molecule has 1 heteroatoms. The lowest BCUT2D eigenvalue weighted by molar-refractivity contribution is 0.653. The van der Waals surface area contributed by atoms with E-state index in [0.29, 0.717) is 5.92 Å². The fourth-order valence-electron chi connectivity index (χ4n) is 1.93. The van der Waals surface area contributed by atoms with E-state index in [-0.39, 0.29) is 0 Å². The summed E-state index contributed by atoms with van der Waals surface area (Å²) < 4.78 is 0. The second kappa shape index (κ2) is 3.81. The molecule has 1 nitrogen and oxygen atoms in total. The highest BCUT2D eigenvalue weighted by atomic mass is 14.7. The zero-order valence-electron chi connectivity index (χ0n) is 8.75. The number of fused-ring (bicyclic) bond motifs is 1. The highest BCUT2D eigenvalue weighted by Gasteiger charge is 2.16. The Kier molecular flexibility index (Phi) is 2.51. The first-order valence-corrected chi connectivity index (χ1v) is 5.26. The number of para-hydroxylation sites is 1. The monoisotopic (exact) mass is 185 g/mol. The molecule has 0 radical (unpaired) electrons. The third-order valence-electron chi connectivity index (χ3n) is 2.71. The number of nitrogens with zero attached hydrogens (tertiary/aromatic N) is 1. The van der Waals surface area contributed by atoms with Crippen LogP contribution in [-0.2, 0) is 0 Å². The lowest BCUT2D eigenvalue weighted by Crippen LogP contribution is -1.97. The van der Waals surface area contributed by atoms with Crippen LogP contribution >= 0.6 is 0 Å². The Balaban J connectivity index is 2.29. The predicted octanol–water partition coefficient (Wildman–Crippen LogP) is 3.82. The van der Waals surface area contributed by atoms with Gasteiger partial charge in [0.25, 0.3) is 0 Å². The molecule has 0 aromatic heterocycles. The van der Waals surface area contributed by atoms with Crippen LogP contribution in [0.4, 0.5) is 5.69 Å². The summed E-state index contributed by atoms with van der Waals surface area (Å²) in [6.07, 6.45) is 2.43. The lowest BCUT2D eigenvalue weighted by Gasteiger charge is -2.10. The highest BCUT2D eigenvalue weighted by Crippen LogP contribution is 2.34. The molecule has 1 aliphatic rings. The molecular weight excluding hydrogens is 170 g/mol. The zero-order chi connectivity index (χ0) is 9.97. The first-order valence-electron chi connectivity index (χ1n) is 5.26. The highest BCUT2D eigenvalue weighted by molar-refractivity contribution is 5.99. The fraction of sp³-hybridized carbons (Fsp3) is 0.385. The van der Waals surface area contributed by atoms with Gasteiger partial charge in [-0.3, -0.25) is 0 Å². The first-order chi connectivity index (χ1) is 6.83. The maximum absolute atomic E-state index is 4.30. The van der Waals surface area contributed by atoms with Crippen molar-refractivity contribution in [2.24, 2.45) is 10.9 Å². The van der Waals surface area contributed by atoms with E-state index >= 15 is 0 Å². The predicted molar refractivity (Wildman–Crippen MR) is 61.0 cm³/mol. The number of rotatable bonds is 3. The van der Waals surface area contributed by atoms with Gasteiger partial charge in [0, 0.05) is 11.1 Å². The summed E-state index contributed by atoms with van der Waals surface area (Å²) in [6, 6.07) is 8.28. The van der Waals surface area contributed by atoms with Crippen molar-refractivity contribution in [2.45, 2.75) is 26.7 Å². The maximum Gasteiger partial charge on any atom is 0.0811 e. The quantitative estimate of drug-likeness (QED) is 0.678. The van der Waals surface area contributed by atoms with Crippen LogP contribution in [0.2, 0.25) is 0 Å². The SMILES string of the molecule is CCCC(C)C1=C=Nc2ccccc21. The summed E-state index contributed by atoms with van der Waals surface area (Å²) in [7, 11) is 0. The van der Waals surface area contributed by atoms with Gasteiger partial charge in [-0.25, -0.2) is 4.99 Å². The molecular formula is C13H15N. The Bertz CT molecular complexity index is 397. The number of hydrogen-bond acceptors (Lipinski definition) is 1. The van der Waals surface area contributed by atoms with E-state index in [1.165, 1.54) is 24.0 Å². The van der Waals surface area contributed by atoms with Gasteiger partial charge in [0.05, 0.1) is 5.69 Å². The van der Waals surface area contributed by atoms with E-state index in [9.17, 15) is 0 Å². The molecule has 1 atom stereocenters. The number of aliphatic imine (C=N–C) groups is 1. The van der Waals surface area contributed by atoms with Gasteiger partial charge in [0.15, 0.2) is 0 Å². The molecule has 0 aliphatic carbocycles. The molecule has 1 heterocycles. The Hall–Kier alpha value is -1.33. The van der Waals surface area contributed by atoms with Gasteiger partial charge in [0.1, 0.15) is 0 Å². The number of hydrogen-bond donors (Lipinski definition) is 0. The molecule has 72 valence electrons. The fourth-order valence-corrected chi connectivity index (χ4v) is 1.93. The van der Waals surface area contributed by atoms with Crippen molar-refractivity contribution in [3.8, 4) is 0 Å². The minimum absolute atomic E-state index is 0.576. The van der Waals surface area contributed by atoms with E-state index in [2.05, 4.69) is 36.8 Å². The topological polar surface area (TPSA) is 12.4 Å². The molecule has 2 rings (SSSR count). The molecule has 1 unspecified atom stereocenters. The summed E-state index contributed by atoms with van der Waals surface area (Å²) in [5.74, 6) is 3.72. The molecule has 0 saturated heterocycles. The van der Waals surface area contributed by atoms with Crippen LogP contribution in [0.3, 0.4) is 0 Å². The van der Waals surface area contributed by atoms with Crippen molar-refractivity contribution in [1.82, 2.24) is 0 Å². The second-order valence-electron chi connectivity index (χ2n) is 3.84. The van der Waals surface area contributed by atoms with Crippen molar-refractivity contribution in [2.75, 3.05) is 0 Å². The van der Waals surface area contributed by atoms with E-state index in [4.69, 9.17) is 0 Å². The van der Waals surface area contributed by atoms with Crippen LogP contribution in [0.1, 0.15) is 32.3 Å². The second-order valence-corrected chi connectivity index (χ2v) is 3.84. The molecule has 1 aliphatic heterocycles. The van der Waals surface area contributed by atoms with Gasteiger partial charge >= 0.3 is 0 Å². The van der Waals surface area contributed by atoms with E-state index in [0.717, 1.165) is 5.69 Å². The third kappa shape index (κ3) is 1.51. The van der Waals surface area contributed by atoms with Crippen LogP contribution in [0.25, 0.3) is 5.57 Å². The van der Waals surface area contributed by atoms with Crippen molar-refractivity contribution >= 4 is 17.1 Å². The van der Waals surface area contributed by atoms with Crippen LogP contribution in [0, 0.1) is 5.92 Å². The molecule has 0 amide bonds. The summed E-state index contributed by atoms with van der Waals surface area (Å²) in [5, 5.41) is 0. The van der Waals surface area contributed by atoms with Crippen LogP contribution in [-0.4, -0.2) is 5.87 Å². The minimum atomic E-state index is 0.576. The third-order valence-corrected chi connectivity index (χ3v) is 2.71. The first kappa shape index (κ1) is 9.23. The van der Waals surface area contributed by atoms with Crippen molar-refractivity contribution in [3.05, 3.63) is 29.8 Å².